The minimum Gasteiger partial charge on any atom is -0.477 e. The predicted molar refractivity (Wildman–Crippen MR) is 99.1 cm³/mol. The fourth-order valence-corrected chi connectivity index (χ4v) is 3.66. The van der Waals surface area contributed by atoms with E-state index in [1.54, 1.807) is 23.7 Å². The number of hydrogen-bond acceptors (Lipinski definition) is 6. The van der Waals surface area contributed by atoms with Crippen molar-refractivity contribution < 1.29 is 19.0 Å². The zero-order valence-corrected chi connectivity index (χ0v) is 15.4. The molecule has 2 aliphatic heterocycles. The first-order chi connectivity index (χ1) is 12.8. The first-order valence-electron chi connectivity index (χ1n) is 8.78. The van der Waals surface area contributed by atoms with E-state index in [1.807, 2.05) is 11.9 Å². The minimum absolute atomic E-state index is 0.000900. The molecule has 0 spiro atoms. The summed E-state index contributed by atoms with van der Waals surface area (Å²) in [6.45, 7) is 4.63. The molecule has 1 atom stereocenters. The van der Waals surface area contributed by atoms with Gasteiger partial charge in [-0.3, -0.25) is 14.5 Å². The van der Waals surface area contributed by atoms with Crippen molar-refractivity contribution in [2.75, 3.05) is 50.2 Å². The van der Waals surface area contributed by atoms with Gasteiger partial charge in [-0.2, -0.15) is 0 Å². The van der Waals surface area contributed by atoms with Gasteiger partial charge in [-0.1, -0.05) is 0 Å². The quantitative estimate of drug-likeness (QED) is 0.834. The molecule has 4 rings (SSSR count). The molecule has 1 aromatic heterocycles. The molecule has 1 saturated heterocycles. The molecule has 0 bridgehead atoms. The molecule has 0 radical (unpaired) electrons. The van der Waals surface area contributed by atoms with Crippen molar-refractivity contribution in [3.63, 3.8) is 0 Å². The van der Waals surface area contributed by atoms with Crippen molar-refractivity contribution in [3.8, 4) is 5.75 Å². The van der Waals surface area contributed by atoms with Crippen LogP contribution >= 0.6 is 0 Å². The number of aromatic nitrogens is 1. The Bertz CT molecular complexity index is 997. The van der Waals surface area contributed by atoms with Crippen LogP contribution in [-0.4, -0.2) is 67.2 Å². The Morgan fingerprint density at radius 1 is 1.26 bits per heavy atom. The number of ether oxygens (including phenoxy) is 1. The topological polar surface area (TPSA) is 78.2 Å². The second-order valence-electron chi connectivity index (χ2n) is 7.04. The highest BCUT2D eigenvalue weighted by molar-refractivity contribution is 5.97. The van der Waals surface area contributed by atoms with Crippen LogP contribution in [0.1, 0.15) is 17.3 Å². The fraction of sp³-hybridized carbons (Fsp3) is 0.444. The van der Waals surface area contributed by atoms with Gasteiger partial charge in [-0.15, -0.1) is 0 Å². The number of piperazine rings is 1. The van der Waals surface area contributed by atoms with Gasteiger partial charge >= 0.3 is 5.97 Å². The first kappa shape index (κ1) is 17.6. The van der Waals surface area contributed by atoms with Crippen molar-refractivity contribution in [2.24, 2.45) is 0 Å². The monoisotopic (exact) mass is 376 g/mol. The lowest BCUT2D eigenvalue weighted by molar-refractivity contribution is 0.0694. The second-order valence-corrected chi connectivity index (χ2v) is 7.04. The van der Waals surface area contributed by atoms with E-state index in [9.17, 15) is 14.7 Å². The third-order valence-corrected chi connectivity index (χ3v) is 5.36. The number of aromatic carboxylic acids is 1. The normalized spacial score (nSPS) is 20.1. The maximum Gasteiger partial charge on any atom is 0.341 e. The molecule has 1 fully saturated rings. The second kappa shape index (κ2) is 6.12. The summed E-state index contributed by atoms with van der Waals surface area (Å²) in [7, 11) is 3.73. The summed E-state index contributed by atoms with van der Waals surface area (Å²) >= 11 is 0. The number of benzene rings is 1. The average Bonchev–Trinajstić information content (AvgIpc) is 2.62. The maximum absolute atomic E-state index is 15.1. The largest absolute Gasteiger partial charge is 0.477 e. The molecule has 2 aromatic rings. The third kappa shape index (κ3) is 2.61. The van der Waals surface area contributed by atoms with E-state index in [0.29, 0.717) is 24.3 Å². The predicted octanol–water partition coefficient (Wildman–Crippen LogP) is 0.897. The van der Waals surface area contributed by atoms with Crippen molar-refractivity contribution in [1.29, 1.82) is 0 Å². The summed E-state index contributed by atoms with van der Waals surface area (Å²) in [6, 6.07) is 1.13. The molecule has 1 unspecified atom stereocenters. The molecule has 1 N–H and O–H groups in total. The van der Waals surface area contributed by atoms with Crippen LogP contribution in [0.2, 0.25) is 0 Å². The molecule has 144 valence electrons. The summed E-state index contributed by atoms with van der Waals surface area (Å²) < 4.78 is 22.7. The number of pyridine rings is 1. The van der Waals surface area contributed by atoms with Crippen LogP contribution in [0.5, 0.6) is 5.75 Å². The number of halogens is 1. The van der Waals surface area contributed by atoms with Gasteiger partial charge in [0.25, 0.3) is 0 Å². The zero-order valence-electron chi connectivity index (χ0n) is 15.4. The summed E-state index contributed by atoms with van der Waals surface area (Å²) in [6.07, 6.45) is 0.819. The SMILES string of the molecule is CC1Oc2c(N3CCN(C)CC3)c(F)cc3c(=O)c(C(=O)O)cn(c23)N1C. The minimum atomic E-state index is -1.34. The van der Waals surface area contributed by atoms with Crippen LogP contribution in [0.3, 0.4) is 0 Å². The molecule has 0 saturated carbocycles. The Kier molecular flexibility index (Phi) is 3.99. The lowest BCUT2D eigenvalue weighted by atomic mass is 10.1. The van der Waals surface area contributed by atoms with Gasteiger partial charge in [0, 0.05) is 39.4 Å². The van der Waals surface area contributed by atoms with E-state index in [-0.39, 0.29) is 11.1 Å². The van der Waals surface area contributed by atoms with Gasteiger partial charge in [0.1, 0.15) is 16.8 Å². The Morgan fingerprint density at radius 2 is 1.93 bits per heavy atom. The van der Waals surface area contributed by atoms with Crippen LogP contribution in [0, 0.1) is 5.82 Å². The number of carbonyl (C=O) groups is 1. The molecule has 1 aromatic carbocycles. The Balaban J connectivity index is 2.03. The number of carboxylic acid groups (broad SMARTS) is 1. The highest BCUT2D eigenvalue weighted by Crippen LogP contribution is 2.41. The lowest BCUT2D eigenvalue weighted by Gasteiger charge is -2.40. The third-order valence-electron chi connectivity index (χ3n) is 5.36. The summed E-state index contributed by atoms with van der Waals surface area (Å²) in [5.41, 5.74) is -0.403. The first-order valence-corrected chi connectivity index (χ1v) is 8.78. The van der Waals surface area contributed by atoms with Crippen molar-refractivity contribution >= 4 is 22.6 Å². The van der Waals surface area contributed by atoms with Gasteiger partial charge in [0.15, 0.2) is 17.8 Å². The summed E-state index contributed by atoms with van der Waals surface area (Å²) in [5.74, 6) is -1.64. The Morgan fingerprint density at radius 3 is 2.56 bits per heavy atom. The smallest absolute Gasteiger partial charge is 0.341 e. The van der Waals surface area contributed by atoms with E-state index in [4.69, 9.17) is 4.74 Å². The highest BCUT2D eigenvalue weighted by atomic mass is 19.1. The van der Waals surface area contributed by atoms with Crippen molar-refractivity contribution in [1.82, 2.24) is 9.58 Å². The van der Waals surface area contributed by atoms with Crippen LogP contribution in [-0.2, 0) is 0 Å². The summed E-state index contributed by atoms with van der Waals surface area (Å²) in [4.78, 5) is 28.2. The molecule has 3 heterocycles. The number of rotatable bonds is 2. The molecular weight excluding hydrogens is 355 g/mol. The molecule has 9 heteroatoms. The van der Waals surface area contributed by atoms with Gasteiger partial charge in [0.05, 0.1) is 5.39 Å². The Labute approximate surface area is 154 Å². The Hall–Kier alpha value is -2.81. The number of likely N-dealkylation sites (N-methyl/N-ethyl adjacent to an activating group) is 1. The van der Waals surface area contributed by atoms with Gasteiger partial charge in [-0.05, 0) is 20.0 Å². The van der Waals surface area contributed by atoms with Crippen LogP contribution in [0.4, 0.5) is 10.1 Å². The number of nitrogens with zero attached hydrogens (tertiary/aromatic N) is 4. The number of anilines is 1. The number of hydrogen-bond donors (Lipinski definition) is 1. The molecule has 0 amide bonds. The van der Waals surface area contributed by atoms with Crippen molar-refractivity contribution in [2.45, 2.75) is 13.2 Å². The average molecular weight is 376 g/mol. The van der Waals surface area contributed by atoms with Gasteiger partial charge < -0.3 is 19.6 Å². The van der Waals surface area contributed by atoms with E-state index in [0.717, 1.165) is 19.2 Å². The van der Waals surface area contributed by atoms with E-state index >= 15 is 4.39 Å². The van der Waals surface area contributed by atoms with E-state index in [2.05, 4.69) is 4.90 Å². The maximum atomic E-state index is 15.1. The van der Waals surface area contributed by atoms with Crippen LogP contribution < -0.4 is 20.1 Å². The van der Waals surface area contributed by atoms with E-state index < -0.39 is 29.0 Å². The van der Waals surface area contributed by atoms with Gasteiger partial charge in [-0.25, -0.2) is 9.18 Å². The molecule has 0 aliphatic carbocycles. The van der Waals surface area contributed by atoms with Crippen LogP contribution in [0.25, 0.3) is 10.9 Å². The fourth-order valence-electron chi connectivity index (χ4n) is 3.66. The van der Waals surface area contributed by atoms with Crippen LogP contribution in [0.15, 0.2) is 17.1 Å². The summed E-state index contributed by atoms with van der Waals surface area (Å²) in [5, 5.41) is 11.0. The standard InChI is InChI=1S/C18H21FN4O4/c1-10-21(3)23-9-12(18(25)26)16(24)11-8-13(19)15(17(27-10)14(11)23)22-6-4-20(2)5-7-22/h8-10H,4-7H2,1-3H3,(H,25,26). The number of carboxylic acids is 1. The zero-order chi connectivity index (χ0) is 19.5. The molecular formula is C18H21FN4O4. The van der Waals surface area contributed by atoms with E-state index in [1.165, 1.54) is 6.20 Å². The molecule has 2 aliphatic rings. The van der Waals surface area contributed by atoms with Crippen molar-refractivity contribution in [3.05, 3.63) is 33.9 Å². The van der Waals surface area contributed by atoms with Gasteiger partial charge in [0.2, 0.25) is 5.43 Å². The highest BCUT2D eigenvalue weighted by Gasteiger charge is 2.32. The molecule has 8 nitrogen and oxygen atoms in total. The molecule has 27 heavy (non-hydrogen) atoms. The lowest BCUT2D eigenvalue weighted by Crippen LogP contribution is -2.48.